The molecule has 0 spiro atoms. The van der Waals surface area contributed by atoms with Crippen molar-refractivity contribution in [3.05, 3.63) is 53.3 Å². The highest BCUT2D eigenvalue weighted by Gasteiger charge is 2.30. The summed E-state index contributed by atoms with van der Waals surface area (Å²) in [5, 5.41) is 2.68. The summed E-state index contributed by atoms with van der Waals surface area (Å²) in [6, 6.07) is 8.41. The second kappa shape index (κ2) is 6.82. The topological polar surface area (TPSA) is 93.7 Å². The molecule has 7 nitrogen and oxygen atoms in total. The van der Waals surface area contributed by atoms with Crippen molar-refractivity contribution in [2.24, 2.45) is 0 Å². The van der Waals surface area contributed by atoms with Crippen molar-refractivity contribution >= 4 is 15.9 Å². The van der Waals surface area contributed by atoms with Crippen LogP contribution in [0.3, 0.4) is 0 Å². The molecule has 0 saturated heterocycles. The molecule has 2 N–H and O–H groups in total. The minimum Gasteiger partial charge on any atom is -0.454 e. The number of nitrogens with one attached hydrogen (secondary N) is 2. The Bertz CT molecular complexity index is 1000. The lowest BCUT2D eigenvalue weighted by Crippen LogP contribution is -2.28. The first kappa shape index (κ1) is 17.7. The zero-order valence-electron chi connectivity index (χ0n) is 14.2. The quantitative estimate of drug-likeness (QED) is 0.784. The van der Waals surface area contributed by atoms with E-state index in [1.54, 1.807) is 18.2 Å². The zero-order valence-corrected chi connectivity index (χ0v) is 15.0. The second-order valence-electron chi connectivity index (χ2n) is 6.41. The van der Waals surface area contributed by atoms with Crippen LogP contribution in [0.1, 0.15) is 28.8 Å². The second-order valence-corrected chi connectivity index (χ2v) is 8.09. The SMILES string of the molecule is O=C(NCc1ccc2c(c1)OCO2)c1ccc(F)c(S(=O)(=O)NC2CC2)c1. The summed E-state index contributed by atoms with van der Waals surface area (Å²) in [5.41, 5.74) is 0.853. The minimum atomic E-state index is -3.99. The van der Waals surface area contributed by atoms with Crippen LogP contribution in [-0.2, 0) is 16.6 Å². The number of hydrogen-bond acceptors (Lipinski definition) is 5. The van der Waals surface area contributed by atoms with E-state index in [0.29, 0.717) is 11.5 Å². The number of hydrogen-bond donors (Lipinski definition) is 2. The van der Waals surface area contributed by atoms with Crippen LogP contribution in [0.2, 0.25) is 0 Å². The van der Waals surface area contributed by atoms with Crippen LogP contribution in [0, 0.1) is 5.82 Å². The summed E-state index contributed by atoms with van der Waals surface area (Å²) < 4.78 is 51.4. The van der Waals surface area contributed by atoms with Gasteiger partial charge in [-0.15, -0.1) is 0 Å². The average molecular weight is 392 g/mol. The predicted molar refractivity (Wildman–Crippen MR) is 93.5 cm³/mol. The molecule has 1 aliphatic carbocycles. The van der Waals surface area contributed by atoms with Crippen LogP contribution in [0.15, 0.2) is 41.3 Å². The van der Waals surface area contributed by atoms with Crippen LogP contribution < -0.4 is 19.5 Å². The van der Waals surface area contributed by atoms with Crippen molar-refractivity contribution in [3.63, 3.8) is 0 Å². The van der Waals surface area contributed by atoms with Crippen molar-refractivity contribution < 1.29 is 27.1 Å². The van der Waals surface area contributed by atoms with Gasteiger partial charge in [-0.25, -0.2) is 17.5 Å². The van der Waals surface area contributed by atoms with Crippen LogP contribution >= 0.6 is 0 Å². The molecule has 0 radical (unpaired) electrons. The highest BCUT2D eigenvalue weighted by molar-refractivity contribution is 7.89. The molecule has 0 bridgehead atoms. The molecule has 142 valence electrons. The van der Waals surface area contributed by atoms with Crippen LogP contribution in [0.4, 0.5) is 4.39 Å². The summed E-state index contributed by atoms with van der Waals surface area (Å²) in [7, 11) is -3.99. The fourth-order valence-corrected chi connectivity index (χ4v) is 4.08. The van der Waals surface area contributed by atoms with Crippen molar-refractivity contribution in [2.75, 3.05) is 6.79 Å². The lowest BCUT2D eigenvalue weighted by atomic mass is 10.1. The number of ether oxygens (including phenoxy) is 2. The summed E-state index contributed by atoms with van der Waals surface area (Å²) >= 11 is 0. The van der Waals surface area contributed by atoms with E-state index in [2.05, 4.69) is 10.0 Å². The Morgan fingerprint density at radius 3 is 2.67 bits per heavy atom. The Labute approximate surface area is 155 Å². The predicted octanol–water partition coefficient (Wildman–Crippen LogP) is 1.93. The zero-order chi connectivity index (χ0) is 19.0. The molecule has 1 saturated carbocycles. The Kier molecular flexibility index (Phi) is 4.48. The van der Waals surface area contributed by atoms with Gasteiger partial charge in [0.05, 0.1) is 0 Å². The lowest BCUT2D eigenvalue weighted by molar-refractivity contribution is 0.0950. The molecule has 2 aromatic carbocycles. The molecule has 1 amide bonds. The van der Waals surface area contributed by atoms with E-state index in [-0.39, 0.29) is 24.9 Å². The van der Waals surface area contributed by atoms with Gasteiger partial charge in [-0.05, 0) is 48.7 Å². The minimum absolute atomic E-state index is 0.0633. The number of sulfonamides is 1. The van der Waals surface area contributed by atoms with Gasteiger partial charge in [0.1, 0.15) is 10.7 Å². The van der Waals surface area contributed by atoms with Gasteiger partial charge in [0.25, 0.3) is 5.91 Å². The van der Waals surface area contributed by atoms with E-state index >= 15 is 0 Å². The highest BCUT2D eigenvalue weighted by Crippen LogP contribution is 2.32. The van der Waals surface area contributed by atoms with E-state index in [9.17, 15) is 17.6 Å². The lowest BCUT2D eigenvalue weighted by Gasteiger charge is -2.10. The van der Waals surface area contributed by atoms with Crippen molar-refractivity contribution in [2.45, 2.75) is 30.3 Å². The first-order valence-corrected chi connectivity index (χ1v) is 9.89. The van der Waals surface area contributed by atoms with Crippen molar-refractivity contribution in [1.29, 1.82) is 0 Å². The van der Waals surface area contributed by atoms with Crippen LogP contribution in [0.25, 0.3) is 0 Å². The Balaban J connectivity index is 1.48. The molecule has 0 atom stereocenters. The molecule has 2 aliphatic rings. The molecule has 1 fully saturated rings. The van der Waals surface area contributed by atoms with E-state index in [4.69, 9.17) is 9.47 Å². The molecule has 1 aliphatic heterocycles. The number of halogens is 1. The van der Waals surface area contributed by atoms with Gasteiger partial charge in [-0.2, -0.15) is 0 Å². The number of fused-ring (bicyclic) bond motifs is 1. The molecule has 4 rings (SSSR count). The third kappa shape index (κ3) is 3.88. The fourth-order valence-electron chi connectivity index (χ4n) is 2.67. The highest BCUT2D eigenvalue weighted by atomic mass is 32.2. The van der Waals surface area contributed by atoms with Gasteiger partial charge in [-0.3, -0.25) is 4.79 Å². The van der Waals surface area contributed by atoms with Crippen LogP contribution in [0.5, 0.6) is 11.5 Å². The maximum atomic E-state index is 14.0. The van der Waals surface area contributed by atoms with Gasteiger partial charge in [-0.1, -0.05) is 6.07 Å². The summed E-state index contributed by atoms with van der Waals surface area (Å²) in [4.78, 5) is 11.8. The van der Waals surface area contributed by atoms with E-state index in [1.165, 1.54) is 6.07 Å². The monoisotopic (exact) mass is 392 g/mol. The molecule has 2 aromatic rings. The fraction of sp³-hybridized carbons (Fsp3) is 0.278. The number of carbonyl (C=O) groups is 1. The molecular weight excluding hydrogens is 375 g/mol. The molecule has 0 unspecified atom stereocenters. The molecule has 9 heteroatoms. The summed E-state index contributed by atoms with van der Waals surface area (Å²) in [6.45, 7) is 0.363. The summed E-state index contributed by atoms with van der Waals surface area (Å²) in [5.74, 6) is -0.157. The largest absolute Gasteiger partial charge is 0.454 e. The van der Waals surface area contributed by atoms with Gasteiger partial charge in [0.2, 0.25) is 16.8 Å². The van der Waals surface area contributed by atoms with Gasteiger partial charge >= 0.3 is 0 Å². The Hall–Kier alpha value is -2.65. The van der Waals surface area contributed by atoms with Crippen molar-refractivity contribution in [3.8, 4) is 11.5 Å². The average Bonchev–Trinajstić information content (AvgIpc) is 3.31. The molecule has 1 heterocycles. The van der Waals surface area contributed by atoms with E-state index in [0.717, 1.165) is 30.5 Å². The standard InChI is InChI=1S/C18H17FN2O5S/c19-14-5-2-12(8-17(14)27(23,24)21-13-3-4-13)18(22)20-9-11-1-6-15-16(7-11)26-10-25-15/h1-2,5-8,13,21H,3-4,9-10H2,(H,20,22). The third-order valence-electron chi connectivity index (χ3n) is 4.27. The van der Waals surface area contributed by atoms with E-state index < -0.39 is 26.6 Å². The molecule has 27 heavy (non-hydrogen) atoms. The van der Waals surface area contributed by atoms with Gasteiger partial charge in [0.15, 0.2) is 11.5 Å². The maximum Gasteiger partial charge on any atom is 0.251 e. The molecular formula is C18H17FN2O5S. The Morgan fingerprint density at radius 1 is 1.11 bits per heavy atom. The first-order chi connectivity index (χ1) is 12.9. The normalized spacial score (nSPS) is 15.6. The first-order valence-electron chi connectivity index (χ1n) is 8.41. The number of carbonyl (C=O) groups excluding carboxylic acids is 1. The Morgan fingerprint density at radius 2 is 1.89 bits per heavy atom. The third-order valence-corrected chi connectivity index (χ3v) is 5.81. The number of benzene rings is 2. The van der Waals surface area contributed by atoms with Gasteiger partial charge < -0.3 is 14.8 Å². The van der Waals surface area contributed by atoms with Crippen LogP contribution in [-0.4, -0.2) is 27.2 Å². The molecule has 0 aromatic heterocycles. The van der Waals surface area contributed by atoms with E-state index in [1.807, 2.05) is 0 Å². The number of rotatable bonds is 6. The van der Waals surface area contributed by atoms with Crippen molar-refractivity contribution in [1.82, 2.24) is 10.0 Å². The maximum absolute atomic E-state index is 14.0. The smallest absolute Gasteiger partial charge is 0.251 e. The van der Waals surface area contributed by atoms with Gasteiger partial charge in [0, 0.05) is 18.2 Å². The summed E-state index contributed by atoms with van der Waals surface area (Å²) in [6.07, 6.45) is 1.47. The number of amides is 1.